The normalized spacial score (nSPS) is 22.3. The Kier molecular flexibility index (Phi) is 5.30. The van der Waals surface area contributed by atoms with Crippen molar-refractivity contribution in [3.63, 3.8) is 0 Å². The summed E-state index contributed by atoms with van der Waals surface area (Å²) in [5.74, 6) is -1.90. The third-order valence-electron chi connectivity index (χ3n) is 5.63. The van der Waals surface area contributed by atoms with Crippen LogP contribution in [0.3, 0.4) is 0 Å². The Labute approximate surface area is 153 Å². The molecule has 1 aliphatic carbocycles. The molecule has 1 saturated heterocycles. The van der Waals surface area contributed by atoms with E-state index >= 15 is 0 Å². The van der Waals surface area contributed by atoms with Crippen LogP contribution >= 0.6 is 0 Å². The molecule has 26 heavy (non-hydrogen) atoms. The molecular weight excluding hydrogens is 332 g/mol. The Hall–Kier alpha value is -2.37. The fourth-order valence-electron chi connectivity index (χ4n) is 3.93. The molecule has 1 unspecified atom stereocenters. The van der Waals surface area contributed by atoms with Gasteiger partial charge in [-0.05, 0) is 37.0 Å². The third-order valence-corrected chi connectivity index (χ3v) is 5.63. The van der Waals surface area contributed by atoms with Gasteiger partial charge in [-0.3, -0.25) is 9.59 Å². The van der Waals surface area contributed by atoms with E-state index in [9.17, 15) is 19.5 Å². The average Bonchev–Trinajstić information content (AvgIpc) is 3.04. The molecule has 140 valence electrons. The molecule has 3 rings (SSSR count). The molecule has 1 aliphatic heterocycles. The number of rotatable bonds is 5. The average molecular weight is 358 g/mol. The molecule has 1 heterocycles. The predicted octanol–water partition coefficient (Wildman–Crippen LogP) is 2.51. The number of hydrogen-bond donors (Lipinski definition) is 2. The van der Waals surface area contributed by atoms with Gasteiger partial charge in [0.2, 0.25) is 11.8 Å². The summed E-state index contributed by atoms with van der Waals surface area (Å²) in [6.07, 6.45) is 4.55. The number of carbonyl (C=O) groups is 3. The van der Waals surface area contributed by atoms with Crippen molar-refractivity contribution in [3.8, 4) is 0 Å². The minimum atomic E-state index is -1.17. The molecule has 6 nitrogen and oxygen atoms in total. The molecule has 1 aromatic carbocycles. The maximum absolute atomic E-state index is 12.7. The fourth-order valence-corrected chi connectivity index (χ4v) is 3.93. The number of nitrogens with zero attached hydrogens (tertiary/aromatic N) is 1. The maximum Gasteiger partial charge on any atom is 0.329 e. The minimum Gasteiger partial charge on any atom is -0.480 e. The molecule has 1 saturated carbocycles. The molecule has 2 fully saturated rings. The lowest BCUT2D eigenvalue weighted by atomic mass is 9.81. The van der Waals surface area contributed by atoms with Gasteiger partial charge in [-0.15, -0.1) is 0 Å². The smallest absolute Gasteiger partial charge is 0.329 e. The second-order valence-corrected chi connectivity index (χ2v) is 7.36. The van der Waals surface area contributed by atoms with Gasteiger partial charge in [-0.2, -0.15) is 0 Å². The molecule has 6 heteroatoms. The maximum atomic E-state index is 12.7. The second-order valence-electron chi connectivity index (χ2n) is 7.36. The molecule has 2 N–H and O–H groups in total. The SMILES string of the molecule is CCc1ccc(N2CC(C(=O)NC3(C(=O)O)CCCCC3)CC2=O)cc1. The van der Waals surface area contributed by atoms with Gasteiger partial charge in [-0.25, -0.2) is 4.79 Å². The molecule has 1 atom stereocenters. The highest BCUT2D eigenvalue weighted by atomic mass is 16.4. The Bertz CT molecular complexity index is 692. The van der Waals surface area contributed by atoms with Crippen LogP contribution in [0.15, 0.2) is 24.3 Å². The largest absolute Gasteiger partial charge is 0.480 e. The Balaban J connectivity index is 1.69. The van der Waals surface area contributed by atoms with Crippen LogP contribution in [0, 0.1) is 5.92 Å². The first-order valence-corrected chi connectivity index (χ1v) is 9.40. The first-order chi connectivity index (χ1) is 12.4. The van der Waals surface area contributed by atoms with E-state index in [4.69, 9.17) is 0 Å². The molecule has 0 spiro atoms. The lowest BCUT2D eigenvalue weighted by Crippen LogP contribution is -2.57. The zero-order chi connectivity index (χ0) is 18.7. The van der Waals surface area contributed by atoms with E-state index < -0.39 is 17.4 Å². The van der Waals surface area contributed by atoms with Gasteiger partial charge >= 0.3 is 5.97 Å². The van der Waals surface area contributed by atoms with Crippen molar-refractivity contribution in [1.29, 1.82) is 0 Å². The van der Waals surface area contributed by atoms with Gasteiger partial charge in [0.25, 0.3) is 0 Å². The number of carbonyl (C=O) groups excluding carboxylic acids is 2. The van der Waals surface area contributed by atoms with Gasteiger partial charge in [0.15, 0.2) is 0 Å². The van der Waals surface area contributed by atoms with E-state index in [0.717, 1.165) is 31.4 Å². The highest BCUT2D eigenvalue weighted by molar-refractivity contribution is 6.01. The second kappa shape index (κ2) is 7.48. The third kappa shape index (κ3) is 3.59. The first kappa shape index (κ1) is 18.4. The van der Waals surface area contributed by atoms with Crippen LogP contribution < -0.4 is 10.2 Å². The Morgan fingerprint density at radius 3 is 2.42 bits per heavy atom. The molecule has 1 aromatic rings. The van der Waals surface area contributed by atoms with Gasteiger partial charge in [0.1, 0.15) is 5.54 Å². The fraction of sp³-hybridized carbons (Fsp3) is 0.550. The van der Waals surface area contributed by atoms with Crippen LogP contribution in [-0.2, 0) is 20.8 Å². The summed E-state index contributed by atoms with van der Waals surface area (Å²) in [6.45, 7) is 2.37. The van der Waals surface area contributed by atoms with Crippen LogP contribution in [0.25, 0.3) is 0 Å². The van der Waals surface area contributed by atoms with Crippen LogP contribution in [0.4, 0.5) is 5.69 Å². The number of carboxylic acid groups (broad SMARTS) is 1. The minimum absolute atomic E-state index is 0.0950. The van der Waals surface area contributed by atoms with Gasteiger partial charge in [0.05, 0.1) is 5.92 Å². The van der Waals surface area contributed by atoms with Crippen molar-refractivity contribution in [2.45, 2.75) is 57.4 Å². The van der Waals surface area contributed by atoms with E-state index in [0.29, 0.717) is 19.4 Å². The quantitative estimate of drug-likeness (QED) is 0.847. The first-order valence-electron chi connectivity index (χ1n) is 9.40. The van der Waals surface area contributed by atoms with E-state index in [1.54, 1.807) is 4.90 Å². The lowest BCUT2D eigenvalue weighted by molar-refractivity contribution is -0.149. The summed E-state index contributed by atoms with van der Waals surface area (Å²) in [7, 11) is 0. The molecule has 0 aromatic heterocycles. The summed E-state index contributed by atoms with van der Waals surface area (Å²) < 4.78 is 0. The molecule has 2 amide bonds. The van der Waals surface area contributed by atoms with Crippen molar-refractivity contribution < 1.29 is 19.5 Å². The van der Waals surface area contributed by atoms with Crippen molar-refractivity contribution in [3.05, 3.63) is 29.8 Å². The van der Waals surface area contributed by atoms with Gasteiger partial charge in [0, 0.05) is 18.7 Å². The Morgan fingerprint density at radius 2 is 1.85 bits per heavy atom. The lowest BCUT2D eigenvalue weighted by Gasteiger charge is -2.34. The van der Waals surface area contributed by atoms with Crippen molar-refractivity contribution in [2.75, 3.05) is 11.4 Å². The standard InChI is InChI=1S/C20H26N2O4/c1-2-14-6-8-16(9-7-14)22-13-15(12-17(22)23)18(24)21-20(19(25)26)10-4-3-5-11-20/h6-9,15H,2-5,10-13H2,1H3,(H,21,24)(H,25,26). The van der Waals surface area contributed by atoms with E-state index in [-0.39, 0.29) is 18.2 Å². The number of anilines is 1. The zero-order valence-corrected chi connectivity index (χ0v) is 15.2. The van der Waals surface area contributed by atoms with E-state index in [1.165, 1.54) is 5.56 Å². The highest BCUT2D eigenvalue weighted by Gasteiger charge is 2.44. The summed E-state index contributed by atoms with van der Waals surface area (Å²) in [5.41, 5.74) is 0.803. The van der Waals surface area contributed by atoms with Crippen molar-refractivity contribution >= 4 is 23.5 Å². The summed E-state index contributed by atoms with van der Waals surface area (Å²) in [6, 6.07) is 7.77. The van der Waals surface area contributed by atoms with Crippen LogP contribution in [-0.4, -0.2) is 35.0 Å². The number of benzene rings is 1. The number of hydrogen-bond acceptors (Lipinski definition) is 3. The number of aryl methyl sites for hydroxylation is 1. The predicted molar refractivity (Wildman–Crippen MR) is 97.9 cm³/mol. The zero-order valence-electron chi connectivity index (χ0n) is 15.2. The molecule has 0 bridgehead atoms. The van der Waals surface area contributed by atoms with Gasteiger partial charge < -0.3 is 15.3 Å². The number of amides is 2. The van der Waals surface area contributed by atoms with Crippen LogP contribution in [0.1, 0.15) is 51.0 Å². The van der Waals surface area contributed by atoms with E-state index in [1.807, 2.05) is 24.3 Å². The van der Waals surface area contributed by atoms with Crippen molar-refractivity contribution in [2.24, 2.45) is 5.92 Å². The molecule has 2 aliphatic rings. The monoisotopic (exact) mass is 358 g/mol. The molecular formula is C20H26N2O4. The summed E-state index contributed by atoms with van der Waals surface area (Å²) in [5, 5.41) is 12.4. The topological polar surface area (TPSA) is 86.7 Å². The highest BCUT2D eigenvalue weighted by Crippen LogP contribution is 2.31. The number of aliphatic carboxylic acids is 1. The summed E-state index contributed by atoms with van der Waals surface area (Å²) in [4.78, 5) is 38.4. The molecule has 0 radical (unpaired) electrons. The van der Waals surface area contributed by atoms with Crippen molar-refractivity contribution in [1.82, 2.24) is 5.32 Å². The van der Waals surface area contributed by atoms with Crippen LogP contribution in [0.5, 0.6) is 0 Å². The van der Waals surface area contributed by atoms with Crippen LogP contribution in [0.2, 0.25) is 0 Å². The summed E-state index contributed by atoms with van der Waals surface area (Å²) >= 11 is 0. The number of nitrogens with one attached hydrogen (secondary N) is 1. The Morgan fingerprint density at radius 1 is 1.19 bits per heavy atom. The van der Waals surface area contributed by atoms with Gasteiger partial charge in [-0.1, -0.05) is 38.3 Å². The number of carboxylic acids is 1. The van der Waals surface area contributed by atoms with E-state index in [2.05, 4.69) is 12.2 Å².